The summed E-state index contributed by atoms with van der Waals surface area (Å²) in [5.74, 6) is 0.540. The van der Waals surface area contributed by atoms with Gasteiger partial charge < -0.3 is 19.5 Å². The first-order valence-corrected chi connectivity index (χ1v) is 16.1. The van der Waals surface area contributed by atoms with Gasteiger partial charge in [0.25, 0.3) is 0 Å². The lowest BCUT2D eigenvalue weighted by molar-refractivity contribution is 0.0511. The summed E-state index contributed by atoms with van der Waals surface area (Å²) in [5, 5.41) is 2.83. The van der Waals surface area contributed by atoms with Gasteiger partial charge in [-0.2, -0.15) is 0 Å². The van der Waals surface area contributed by atoms with Crippen molar-refractivity contribution in [2.24, 2.45) is 0 Å². The van der Waals surface area contributed by atoms with Gasteiger partial charge in [-0.15, -0.1) is 0 Å². The number of nitrogens with zero attached hydrogens (tertiary/aromatic N) is 5. The first-order valence-electron chi connectivity index (χ1n) is 16.1. The van der Waals surface area contributed by atoms with Gasteiger partial charge in [-0.3, -0.25) is 4.90 Å². The van der Waals surface area contributed by atoms with E-state index in [1.807, 2.05) is 86.6 Å². The number of rotatable bonds is 8. The summed E-state index contributed by atoms with van der Waals surface area (Å²) < 4.78 is 20.0. The fraction of sp³-hybridized carbons (Fsp3) is 0.618. The molecule has 3 aromatic rings. The average Bonchev–Trinajstić information content (AvgIpc) is 3.51. The van der Waals surface area contributed by atoms with Gasteiger partial charge in [0.2, 0.25) is 0 Å². The summed E-state index contributed by atoms with van der Waals surface area (Å²) in [4.78, 5) is 50.8. The van der Waals surface area contributed by atoms with E-state index < -0.39 is 35.1 Å². The Morgan fingerprint density at radius 3 is 2.24 bits per heavy atom. The Hall–Kier alpha value is -3.93. The van der Waals surface area contributed by atoms with Crippen LogP contribution in [-0.2, 0) is 27.2 Å². The van der Waals surface area contributed by atoms with Crippen LogP contribution in [-0.4, -0.2) is 72.2 Å². The number of fused-ring (bicyclic) bond motifs is 2. The van der Waals surface area contributed by atoms with Crippen molar-refractivity contribution in [2.45, 2.75) is 124 Å². The topological polar surface area (TPSA) is 130 Å². The molecule has 1 aromatic carbocycles. The van der Waals surface area contributed by atoms with Crippen LogP contribution < -0.4 is 5.32 Å². The summed E-state index contributed by atoms with van der Waals surface area (Å²) in [6, 6.07) is 7.31. The summed E-state index contributed by atoms with van der Waals surface area (Å²) in [7, 11) is 0. The number of carbonyl (C=O) groups is 3. The monoisotopic (exact) mass is 638 g/mol. The van der Waals surface area contributed by atoms with Crippen LogP contribution >= 0.6 is 0 Å². The molecule has 0 saturated heterocycles. The van der Waals surface area contributed by atoms with Gasteiger partial charge in [-0.1, -0.05) is 12.1 Å². The van der Waals surface area contributed by atoms with E-state index in [1.54, 1.807) is 10.9 Å². The predicted molar refractivity (Wildman–Crippen MR) is 175 cm³/mol. The SMILES string of the molecule is CC(C)(C)OC(=O)NCCCCN(Cc1nc2ccccc2n1C(=O)OC(C)(C)C)C1CCCc2ncn(C(=O)OC(C)(C)C)c21. The molecule has 4 rings (SSSR count). The smallest absolute Gasteiger partial charge is 0.420 e. The van der Waals surface area contributed by atoms with Crippen molar-refractivity contribution in [1.29, 1.82) is 0 Å². The highest BCUT2D eigenvalue weighted by Gasteiger charge is 2.34. The minimum Gasteiger partial charge on any atom is -0.444 e. The highest BCUT2D eigenvalue weighted by Crippen LogP contribution is 2.36. The minimum atomic E-state index is -0.696. The number of hydrogen-bond donors (Lipinski definition) is 1. The van der Waals surface area contributed by atoms with Crippen molar-refractivity contribution in [2.75, 3.05) is 13.1 Å². The molecule has 0 fully saturated rings. The number of benzene rings is 1. The molecule has 1 N–H and O–H groups in total. The van der Waals surface area contributed by atoms with Gasteiger partial charge in [-0.25, -0.2) is 33.5 Å². The lowest BCUT2D eigenvalue weighted by Gasteiger charge is -2.35. The summed E-state index contributed by atoms with van der Waals surface area (Å²) >= 11 is 0. The molecule has 1 unspecified atom stereocenters. The standard InChI is InChI=1S/C34H50N6O6/c1-32(2,3)44-29(41)35-19-12-13-20-38(26-18-14-16-24-28(26)39(22-36-24)30(42)45-33(4,5)6)21-27-37-23-15-10-11-17-25(23)40(27)31(43)46-34(7,8)9/h10-11,15,17,22,26H,12-14,16,18-21H2,1-9H3,(H,35,41). The molecular weight excluding hydrogens is 588 g/mol. The largest absolute Gasteiger partial charge is 0.444 e. The van der Waals surface area contributed by atoms with Gasteiger partial charge >= 0.3 is 18.3 Å². The maximum absolute atomic E-state index is 13.6. The Morgan fingerprint density at radius 1 is 0.913 bits per heavy atom. The second-order valence-electron chi connectivity index (χ2n) is 14.8. The molecule has 1 amide bonds. The van der Waals surface area contributed by atoms with E-state index in [4.69, 9.17) is 19.2 Å². The number of amides is 1. The molecule has 12 heteroatoms. The number of carbonyl (C=O) groups excluding carboxylic acids is 3. The van der Waals surface area contributed by atoms with Crippen molar-refractivity contribution < 1.29 is 28.6 Å². The van der Waals surface area contributed by atoms with Crippen LogP contribution in [0.3, 0.4) is 0 Å². The lowest BCUT2D eigenvalue weighted by atomic mass is 9.94. The molecule has 0 spiro atoms. The Morgan fingerprint density at radius 2 is 1.57 bits per heavy atom. The summed E-state index contributed by atoms with van der Waals surface area (Å²) in [6.07, 6.45) is 3.98. The molecule has 2 heterocycles. The number of nitrogens with one attached hydrogen (secondary N) is 1. The van der Waals surface area contributed by atoms with Crippen LogP contribution in [0, 0.1) is 0 Å². The van der Waals surface area contributed by atoms with Crippen LogP contribution in [0.25, 0.3) is 11.0 Å². The molecule has 0 saturated carbocycles. The van der Waals surface area contributed by atoms with E-state index in [0.717, 1.165) is 37.1 Å². The third-order valence-electron chi connectivity index (χ3n) is 7.21. The van der Waals surface area contributed by atoms with Crippen LogP contribution in [0.5, 0.6) is 0 Å². The molecule has 0 radical (unpaired) electrons. The number of imidazole rings is 2. The molecule has 0 aliphatic heterocycles. The van der Waals surface area contributed by atoms with E-state index in [2.05, 4.69) is 15.2 Å². The second kappa shape index (κ2) is 13.8. The fourth-order valence-corrected chi connectivity index (χ4v) is 5.52. The molecular formula is C34H50N6O6. The maximum atomic E-state index is 13.6. The minimum absolute atomic E-state index is 0.190. The Balaban J connectivity index is 1.66. The molecule has 12 nitrogen and oxygen atoms in total. The molecule has 0 bridgehead atoms. The van der Waals surface area contributed by atoms with Gasteiger partial charge in [-0.05, 0) is 113 Å². The number of ether oxygens (including phenoxy) is 3. The summed E-state index contributed by atoms with van der Waals surface area (Å²) in [5.41, 5.74) is 1.07. The van der Waals surface area contributed by atoms with Crippen LogP contribution in [0.4, 0.5) is 14.4 Å². The third-order valence-corrected chi connectivity index (χ3v) is 7.21. The normalized spacial score (nSPS) is 15.5. The Labute approximate surface area is 271 Å². The van der Waals surface area contributed by atoms with Crippen molar-refractivity contribution in [3.8, 4) is 0 Å². The molecule has 2 aromatic heterocycles. The molecule has 46 heavy (non-hydrogen) atoms. The van der Waals surface area contributed by atoms with Crippen LogP contribution in [0.15, 0.2) is 30.6 Å². The van der Waals surface area contributed by atoms with Crippen molar-refractivity contribution in [3.05, 3.63) is 47.8 Å². The van der Waals surface area contributed by atoms with E-state index in [0.29, 0.717) is 42.9 Å². The number of para-hydroxylation sites is 2. The molecule has 1 aliphatic carbocycles. The summed E-state index contributed by atoms with van der Waals surface area (Å²) in [6.45, 7) is 17.9. The van der Waals surface area contributed by atoms with E-state index in [9.17, 15) is 14.4 Å². The predicted octanol–water partition coefficient (Wildman–Crippen LogP) is 6.98. The van der Waals surface area contributed by atoms with Crippen molar-refractivity contribution in [3.63, 3.8) is 0 Å². The van der Waals surface area contributed by atoms with Gasteiger partial charge in [0.05, 0.1) is 35.0 Å². The van der Waals surface area contributed by atoms with Crippen molar-refractivity contribution >= 4 is 29.3 Å². The van der Waals surface area contributed by atoms with E-state index in [-0.39, 0.29) is 6.04 Å². The first-order chi connectivity index (χ1) is 21.4. The highest BCUT2D eigenvalue weighted by atomic mass is 16.6. The number of unbranched alkanes of at least 4 members (excludes halogenated alkanes) is 1. The third kappa shape index (κ3) is 9.31. The van der Waals surface area contributed by atoms with Gasteiger partial charge in [0.1, 0.15) is 29.0 Å². The molecule has 252 valence electrons. The quantitative estimate of drug-likeness (QED) is 0.205. The maximum Gasteiger partial charge on any atom is 0.420 e. The van der Waals surface area contributed by atoms with Gasteiger partial charge in [0.15, 0.2) is 0 Å². The van der Waals surface area contributed by atoms with Crippen molar-refractivity contribution in [1.82, 2.24) is 29.3 Å². The molecule has 1 atom stereocenters. The van der Waals surface area contributed by atoms with Crippen LogP contribution in [0.2, 0.25) is 0 Å². The lowest BCUT2D eigenvalue weighted by Crippen LogP contribution is -2.37. The second-order valence-corrected chi connectivity index (χ2v) is 14.8. The average molecular weight is 639 g/mol. The highest BCUT2D eigenvalue weighted by molar-refractivity contribution is 5.87. The fourth-order valence-electron chi connectivity index (χ4n) is 5.52. The zero-order valence-corrected chi connectivity index (χ0v) is 28.8. The number of aryl methyl sites for hydroxylation is 1. The van der Waals surface area contributed by atoms with E-state index >= 15 is 0 Å². The zero-order valence-electron chi connectivity index (χ0n) is 28.8. The number of hydrogen-bond acceptors (Lipinski definition) is 9. The number of alkyl carbamates (subject to hydrolysis) is 1. The molecule has 1 aliphatic rings. The van der Waals surface area contributed by atoms with Gasteiger partial charge in [0, 0.05) is 6.54 Å². The van der Waals surface area contributed by atoms with E-state index in [1.165, 1.54) is 4.57 Å². The number of aromatic nitrogens is 4. The Bertz CT molecular complexity index is 1540. The Kier molecular flexibility index (Phi) is 10.5. The van der Waals surface area contributed by atoms with Crippen LogP contribution in [0.1, 0.15) is 111 Å². The zero-order chi connectivity index (χ0) is 33.9. The first kappa shape index (κ1) is 34.9.